The Bertz CT molecular complexity index is 1190. The molecule has 3 amide bonds. The molecule has 0 bridgehead atoms. The predicted molar refractivity (Wildman–Crippen MR) is 138 cm³/mol. The minimum Gasteiger partial charge on any atom is -0.344 e. The number of nitrogens with one attached hydrogen (secondary N) is 3. The van der Waals surface area contributed by atoms with E-state index in [1.165, 1.54) is 6.20 Å². The van der Waals surface area contributed by atoms with Crippen LogP contribution in [0.3, 0.4) is 0 Å². The molecule has 0 radical (unpaired) electrons. The van der Waals surface area contributed by atoms with Crippen LogP contribution in [0.1, 0.15) is 75.0 Å². The van der Waals surface area contributed by atoms with Gasteiger partial charge in [0, 0.05) is 24.4 Å². The highest BCUT2D eigenvalue weighted by Crippen LogP contribution is 2.32. The SMILES string of the molecule is CC1CCC([C@H](NC(=O)c2ccnn2C(C)C)C(=O)Nc2cc(C[C@@H]3C[C@@H](C(F)(F)F)NC3=O)ccn2)CC1. The summed E-state index contributed by atoms with van der Waals surface area (Å²) in [5, 5.41) is 11.9. The van der Waals surface area contributed by atoms with Gasteiger partial charge in [-0.3, -0.25) is 19.1 Å². The highest BCUT2D eigenvalue weighted by molar-refractivity contribution is 6.00. The number of carbonyl (C=O) groups excluding carboxylic acids is 3. The average molecular weight is 549 g/mol. The Morgan fingerprint density at radius 2 is 1.87 bits per heavy atom. The van der Waals surface area contributed by atoms with E-state index in [0.717, 1.165) is 25.7 Å². The Kier molecular flexibility index (Phi) is 8.60. The molecule has 3 atom stereocenters. The molecule has 3 N–H and O–H groups in total. The Morgan fingerprint density at radius 3 is 2.51 bits per heavy atom. The number of halogens is 3. The highest BCUT2D eigenvalue weighted by Gasteiger charge is 2.47. The number of anilines is 1. The number of aromatic nitrogens is 3. The lowest BCUT2D eigenvalue weighted by Gasteiger charge is -2.32. The van der Waals surface area contributed by atoms with E-state index in [0.29, 0.717) is 17.2 Å². The number of pyridine rings is 1. The first-order valence-electron chi connectivity index (χ1n) is 13.4. The molecule has 9 nitrogen and oxygen atoms in total. The van der Waals surface area contributed by atoms with Crippen LogP contribution in [0.5, 0.6) is 0 Å². The number of hydrogen-bond donors (Lipinski definition) is 3. The van der Waals surface area contributed by atoms with Gasteiger partial charge < -0.3 is 16.0 Å². The molecule has 2 aliphatic rings. The maximum atomic E-state index is 13.5. The van der Waals surface area contributed by atoms with Crippen molar-refractivity contribution in [2.24, 2.45) is 17.8 Å². The third-order valence-electron chi connectivity index (χ3n) is 7.65. The van der Waals surface area contributed by atoms with Crippen molar-refractivity contribution in [3.8, 4) is 0 Å². The summed E-state index contributed by atoms with van der Waals surface area (Å²) in [5.41, 5.74) is 0.940. The van der Waals surface area contributed by atoms with E-state index in [1.54, 1.807) is 29.1 Å². The van der Waals surface area contributed by atoms with E-state index >= 15 is 0 Å². The molecule has 0 aromatic carbocycles. The Morgan fingerprint density at radius 1 is 1.15 bits per heavy atom. The third-order valence-corrected chi connectivity index (χ3v) is 7.65. The van der Waals surface area contributed by atoms with Gasteiger partial charge in [-0.15, -0.1) is 0 Å². The van der Waals surface area contributed by atoms with E-state index in [-0.39, 0.29) is 30.6 Å². The Balaban J connectivity index is 1.47. The molecule has 212 valence electrons. The maximum Gasteiger partial charge on any atom is 0.408 e. The maximum absolute atomic E-state index is 13.5. The van der Waals surface area contributed by atoms with Crippen molar-refractivity contribution in [1.82, 2.24) is 25.4 Å². The van der Waals surface area contributed by atoms with Crippen molar-refractivity contribution in [1.29, 1.82) is 0 Å². The summed E-state index contributed by atoms with van der Waals surface area (Å²) < 4.78 is 40.7. The molecule has 2 aromatic heterocycles. The van der Waals surface area contributed by atoms with Crippen LogP contribution in [0.4, 0.5) is 19.0 Å². The summed E-state index contributed by atoms with van der Waals surface area (Å²) in [7, 11) is 0. The van der Waals surface area contributed by atoms with Crippen LogP contribution in [-0.2, 0) is 16.0 Å². The van der Waals surface area contributed by atoms with Crippen molar-refractivity contribution in [3.63, 3.8) is 0 Å². The van der Waals surface area contributed by atoms with Crippen molar-refractivity contribution in [3.05, 3.63) is 41.9 Å². The number of rotatable bonds is 8. The minimum atomic E-state index is -4.50. The largest absolute Gasteiger partial charge is 0.408 e. The predicted octanol–water partition coefficient (Wildman–Crippen LogP) is 4.03. The van der Waals surface area contributed by atoms with Gasteiger partial charge in [-0.25, -0.2) is 4.98 Å². The molecule has 4 rings (SSSR count). The molecule has 1 aliphatic carbocycles. The molecule has 2 fully saturated rings. The van der Waals surface area contributed by atoms with Gasteiger partial charge in [0.25, 0.3) is 5.91 Å². The normalized spacial score (nSPS) is 24.3. The van der Waals surface area contributed by atoms with Gasteiger partial charge in [-0.2, -0.15) is 18.3 Å². The lowest BCUT2D eigenvalue weighted by Crippen LogP contribution is -2.49. The van der Waals surface area contributed by atoms with Crippen LogP contribution in [0.15, 0.2) is 30.6 Å². The number of amides is 3. The molecule has 0 unspecified atom stereocenters. The number of alkyl halides is 3. The van der Waals surface area contributed by atoms with Gasteiger partial charge in [0.2, 0.25) is 11.8 Å². The van der Waals surface area contributed by atoms with E-state index in [9.17, 15) is 27.6 Å². The van der Waals surface area contributed by atoms with Crippen molar-refractivity contribution in [2.75, 3.05) is 5.32 Å². The summed E-state index contributed by atoms with van der Waals surface area (Å²) in [6.45, 7) is 5.99. The van der Waals surface area contributed by atoms with Gasteiger partial charge in [0.05, 0.1) is 0 Å². The van der Waals surface area contributed by atoms with Gasteiger partial charge in [-0.1, -0.05) is 19.8 Å². The highest BCUT2D eigenvalue weighted by atomic mass is 19.4. The second-order valence-corrected chi connectivity index (χ2v) is 11.0. The summed E-state index contributed by atoms with van der Waals surface area (Å²) in [5.74, 6) is -1.60. The van der Waals surface area contributed by atoms with Crippen LogP contribution in [0.2, 0.25) is 0 Å². The molecule has 0 spiro atoms. The van der Waals surface area contributed by atoms with E-state index < -0.39 is 41.9 Å². The molecule has 1 aliphatic heterocycles. The number of carbonyl (C=O) groups is 3. The monoisotopic (exact) mass is 548 g/mol. The summed E-state index contributed by atoms with van der Waals surface area (Å²) in [6, 6.07) is 2.08. The number of nitrogens with zero attached hydrogens (tertiary/aromatic N) is 3. The molecule has 3 heterocycles. The number of hydrogen-bond acceptors (Lipinski definition) is 5. The van der Waals surface area contributed by atoms with Crippen molar-refractivity contribution < 1.29 is 27.6 Å². The van der Waals surface area contributed by atoms with E-state index in [4.69, 9.17) is 0 Å². The van der Waals surface area contributed by atoms with E-state index in [1.807, 2.05) is 19.2 Å². The first-order chi connectivity index (χ1) is 18.4. The van der Waals surface area contributed by atoms with E-state index in [2.05, 4.69) is 27.6 Å². The minimum absolute atomic E-state index is 0.0381. The van der Waals surface area contributed by atoms with Crippen LogP contribution < -0.4 is 16.0 Å². The summed E-state index contributed by atoms with van der Waals surface area (Å²) >= 11 is 0. The summed E-state index contributed by atoms with van der Waals surface area (Å²) in [6.07, 6.45) is 1.71. The zero-order chi connectivity index (χ0) is 28.3. The fraction of sp³-hybridized carbons (Fsp3) is 0.593. The zero-order valence-corrected chi connectivity index (χ0v) is 22.3. The molecular formula is C27H35F3N6O3. The third kappa shape index (κ3) is 6.96. The fourth-order valence-electron chi connectivity index (χ4n) is 5.43. The topological polar surface area (TPSA) is 118 Å². The van der Waals surface area contributed by atoms with Gasteiger partial charge in [-0.05, 0) is 75.1 Å². The van der Waals surface area contributed by atoms with Crippen LogP contribution >= 0.6 is 0 Å². The molecule has 39 heavy (non-hydrogen) atoms. The molecular weight excluding hydrogens is 513 g/mol. The van der Waals surface area contributed by atoms with Crippen LogP contribution in [0, 0.1) is 17.8 Å². The van der Waals surface area contributed by atoms with Crippen LogP contribution in [-0.4, -0.2) is 50.7 Å². The van der Waals surface area contributed by atoms with Gasteiger partial charge in [0.15, 0.2) is 0 Å². The second-order valence-electron chi connectivity index (χ2n) is 11.0. The van der Waals surface area contributed by atoms with Gasteiger partial charge in [0.1, 0.15) is 23.6 Å². The van der Waals surface area contributed by atoms with Crippen LogP contribution in [0.25, 0.3) is 0 Å². The van der Waals surface area contributed by atoms with Crippen molar-refractivity contribution >= 4 is 23.5 Å². The molecule has 2 aromatic rings. The average Bonchev–Trinajstić information content (AvgIpc) is 3.51. The second kappa shape index (κ2) is 11.7. The first kappa shape index (κ1) is 28.6. The standard InChI is InChI=1S/C27H35F3N6O3/c1-15(2)36-20(9-11-32-36)25(38)35-23(18-6-4-16(3)5-7-18)26(39)34-22-13-17(8-10-31-22)12-19-14-21(27(28,29)30)33-24(19)37/h8-11,13,15-16,18-19,21,23H,4-7,12,14H2,1-3H3,(H,33,37)(H,35,38)(H,31,34,39)/t16?,18?,19-,21+,23+/m1/s1. The summed E-state index contributed by atoms with van der Waals surface area (Å²) in [4.78, 5) is 43.0. The molecule has 1 saturated carbocycles. The van der Waals surface area contributed by atoms with Gasteiger partial charge >= 0.3 is 6.18 Å². The fourth-order valence-corrected chi connectivity index (χ4v) is 5.43. The molecule has 12 heteroatoms. The molecule has 1 saturated heterocycles. The smallest absolute Gasteiger partial charge is 0.344 e. The lowest BCUT2D eigenvalue weighted by molar-refractivity contribution is -0.154. The van der Waals surface area contributed by atoms with Crippen molar-refractivity contribution in [2.45, 2.75) is 83.6 Å². The lowest BCUT2D eigenvalue weighted by atomic mass is 9.79. The Labute approximate surface area is 225 Å². The Hall–Kier alpha value is -3.44. The quantitative estimate of drug-likeness (QED) is 0.460. The first-order valence-corrected chi connectivity index (χ1v) is 13.4. The zero-order valence-electron chi connectivity index (χ0n) is 22.3.